The minimum Gasteiger partial charge on any atom is -0.373 e. The molecule has 10 heteroatoms. The molecule has 4 atom stereocenters. The molecule has 2 aliphatic rings. The standard InChI is InChI=1S/C16H18F4N4O2/c1-9-7-23(14(25)15(2,26)16(18,19)20)8-10-6-22-24(12(9)10)13-11(17)4-3-5-21-13/h3-6,9-10,12,26H,7-8H2,1-2H3/t9-,10?,12?,15+/m0/s1. The number of aromatic nitrogens is 1. The lowest BCUT2D eigenvalue weighted by molar-refractivity contribution is -0.251. The first-order chi connectivity index (χ1) is 12.0. The number of anilines is 1. The number of pyridine rings is 1. The number of nitrogens with zero attached hydrogens (tertiary/aromatic N) is 4. The van der Waals surface area contributed by atoms with E-state index < -0.39 is 29.4 Å². The van der Waals surface area contributed by atoms with Crippen molar-refractivity contribution in [1.82, 2.24) is 9.88 Å². The zero-order chi connectivity index (χ0) is 19.3. The third-order valence-corrected chi connectivity index (χ3v) is 4.84. The van der Waals surface area contributed by atoms with Gasteiger partial charge in [-0.25, -0.2) is 14.4 Å². The predicted molar refractivity (Wildman–Crippen MR) is 84.9 cm³/mol. The summed E-state index contributed by atoms with van der Waals surface area (Å²) in [6, 6.07) is 2.36. The number of carbonyl (C=O) groups excluding carboxylic acids is 1. The van der Waals surface area contributed by atoms with Crippen LogP contribution in [0.5, 0.6) is 0 Å². The summed E-state index contributed by atoms with van der Waals surface area (Å²) in [5, 5.41) is 15.2. The fourth-order valence-corrected chi connectivity index (χ4v) is 3.44. The van der Waals surface area contributed by atoms with Gasteiger partial charge in [0.05, 0.1) is 6.04 Å². The number of hydrogen-bond donors (Lipinski definition) is 1. The molecule has 142 valence electrons. The average Bonchev–Trinajstić information content (AvgIpc) is 2.97. The van der Waals surface area contributed by atoms with Gasteiger partial charge in [0.1, 0.15) is 0 Å². The highest BCUT2D eigenvalue weighted by atomic mass is 19.4. The van der Waals surface area contributed by atoms with E-state index in [0.29, 0.717) is 6.92 Å². The van der Waals surface area contributed by atoms with Crippen LogP contribution in [0, 0.1) is 17.7 Å². The number of aliphatic hydroxyl groups is 1. The Kier molecular flexibility index (Phi) is 4.41. The third kappa shape index (κ3) is 2.91. The van der Waals surface area contributed by atoms with Gasteiger partial charge in [-0.2, -0.15) is 18.3 Å². The van der Waals surface area contributed by atoms with Crippen LogP contribution in [-0.2, 0) is 4.79 Å². The van der Waals surface area contributed by atoms with E-state index in [0.717, 1.165) is 4.90 Å². The molecule has 0 spiro atoms. The number of hydrogen-bond acceptors (Lipinski definition) is 5. The van der Waals surface area contributed by atoms with Crippen molar-refractivity contribution in [2.24, 2.45) is 16.9 Å². The second-order valence-corrected chi connectivity index (χ2v) is 6.83. The molecule has 3 heterocycles. The lowest BCUT2D eigenvalue weighted by atomic mass is 9.84. The van der Waals surface area contributed by atoms with E-state index in [9.17, 15) is 27.5 Å². The van der Waals surface area contributed by atoms with Crippen LogP contribution in [0.15, 0.2) is 23.4 Å². The van der Waals surface area contributed by atoms with E-state index >= 15 is 0 Å². The predicted octanol–water partition coefficient (Wildman–Crippen LogP) is 1.80. The van der Waals surface area contributed by atoms with E-state index in [-0.39, 0.29) is 30.9 Å². The van der Waals surface area contributed by atoms with Crippen LogP contribution in [0.25, 0.3) is 0 Å². The molecule has 1 aromatic rings. The van der Waals surface area contributed by atoms with Crippen molar-refractivity contribution in [3.05, 3.63) is 24.1 Å². The van der Waals surface area contributed by atoms with Crippen molar-refractivity contribution in [2.75, 3.05) is 18.1 Å². The van der Waals surface area contributed by atoms with Crippen LogP contribution in [0.4, 0.5) is 23.4 Å². The Morgan fingerprint density at radius 2 is 2.04 bits per heavy atom. The lowest BCUT2D eigenvalue weighted by Gasteiger charge is -2.43. The van der Waals surface area contributed by atoms with Crippen LogP contribution in [0.2, 0.25) is 0 Å². The summed E-state index contributed by atoms with van der Waals surface area (Å²) in [6.07, 6.45) is -2.17. The summed E-state index contributed by atoms with van der Waals surface area (Å²) in [5.41, 5.74) is -3.46. The summed E-state index contributed by atoms with van der Waals surface area (Å²) >= 11 is 0. The Morgan fingerprint density at radius 1 is 1.35 bits per heavy atom. The number of carbonyl (C=O) groups is 1. The maximum Gasteiger partial charge on any atom is 0.426 e. The second kappa shape index (κ2) is 6.19. The normalized spacial score (nSPS) is 28.0. The molecule has 0 bridgehead atoms. The van der Waals surface area contributed by atoms with Crippen LogP contribution >= 0.6 is 0 Å². The van der Waals surface area contributed by atoms with Crippen LogP contribution < -0.4 is 5.01 Å². The molecule has 0 aliphatic carbocycles. The minimum atomic E-state index is -5.07. The Labute approximate surface area is 147 Å². The van der Waals surface area contributed by atoms with Crippen molar-refractivity contribution in [3.8, 4) is 0 Å². The van der Waals surface area contributed by atoms with Crippen LogP contribution in [-0.4, -0.2) is 58.0 Å². The molecule has 1 amide bonds. The van der Waals surface area contributed by atoms with E-state index in [1.807, 2.05) is 0 Å². The first kappa shape index (κ1) is 18.6. The van der Waals surface area contributed by atoms with Gasteiger partial charge in [-0.05, 0) is 25.0 Å². The third-order valence-electron chi connectivity index (χ3n) is 4.84. The fraction of sp³-hybridized carbons (Fsp3) is 0.562. The first-order valence-corrected chi connectivity index (χ1v) is 8.06. The molecule has 1 aromatic heterocycles. The van der Waals surface area contributed by atoms with Gasteiger partial charge >= 0.3 is 6.18 Å². The number of halogens is 4. The summed E-state index contributed by atoms with van der Waals surface area (Å²) in [6.45, 7) is 2.13. The largest absolute Gasteiger partial charge is 0.426 e. The van der Waals surface area contributed by atoms with E-state index in [1.165, 1.54) is 29.6 Å². The molecule has 26 heavy (non-hydrogen) atoms. The lowest BCUT2D eigenvalue weighted by Crippen LogP contribution is -2.61. The molecule has 0 aromatic carbocycles. The highest BCUT2D eigenvalue weighted by Crippen LogP contribution is 2.37. The number of hydrazone groups is 1. The molecule has 1 saturated heterocycles. The number of alkyl halides is 3. The van der Waals surface area contributed by atoms with Gasteiger partial charge in [0.2, 0.25) is 5.60 Å². The van der Waals surface area contributed by atoms with E-state index in [1.54, 1.807) is 6.92 Å². The Hall–Kier alpha value is -2.23. The van der Waals surface area contributed by atoms with E-state index in [2.05, 4.69) is 10.1 Å². The van der Waals surface area contributed by atoms with Crippen molar-refractivity contribution < 1.29 is 27.5 Å². The molecule has 0 saturated carbocycles. The van der Waals surface area contributed by atoms with Gasteiger partial charge in [0.15, 0.2) is 11.6 Å². The van der Waals surface area contributed by atoms with Gasteiger partial charge < -0.3 is 10.0 Å². The van der Waals surface area contributed by atoms with Gasteiger partial charge in [-0.3, -0.25) is 4.79 Å². The molecular weight excluding hydrogens is 356 g/mol. The Bertz CT molecular complexity index is 737. The molecule has 0 radical (unpaired) electrons. The highest BCUT2D eigenvalue weighted by Gasteiger charge is 2.58. The number of fused-ring (bicyclic) bond motifs is 1. The minimum absolute atomic E-state index is 0.0134. The van der Waals surface area contributed by atoms with Gasteiger partial charge in [0.25, 0.3) is 5.91 Å². The molecule has 2 aliphatic heterocycles. The molecule has 6 nitrogen and oxygen atoms in total. The maximum absolute atomic E-state index is 14.0. The monoisotopic (exact) mass is 374 g/mol. The summed E-state index contributed by atoms with van der Waals surface area (Å²) in [4.78, 5) is 17.2. The molecule has 1 fully saturated rings. The van der Waals surface area contributed by atoms with Crippen molar-refractivity contribution >= 4 is 17.9 Å². The zero-order valence-electron chi connectivity index (χ0n) is 14.1. The van der Waals surface area contributed by atoms with Crippen LogP contribution in [0.1, 0.15) is 13.8 Å². The van der Waals surface area contributed by atoms with Crippen molar-refractivity contribution in [1.29, 1.82) is 0 Å². The first-order valence-electron chi connectivity index (χ1n) is 8.06. The molecule has 2 unspecified atom stereocenters. The quantitative estimate of drug-likeness (QED) is 0.802. The summed E-state index contributed by atoms with van der Waals surface area (Å²) in [7, 11) is 0. The Morgan fingerprint density at radius 3 is 2.65 bits per heavy atom. The summed E-state index contributed by atoms with van der Waals surface area (Å²) in [5.74, 6) is -2.63. The molecular formula is C16H18F4N4O2. The molecule has 1 N–H and O–H groups in total. The number of amides is 1. The Balaban J connectivity index is 1.81. The summed E-state index contributed by atoms with van der Waals surface area (Å²) < 4.78 is 52.9. The number of piperidine rings is 1. The van der Waals surface area contributed by atoms with Crippen LogP contribution in [0.3, 0.4) is 0 Å². The van der Waals surface area contributed by atoms with Crippen molar-refractivity contribution in [3.63, 3.8) is 0 Å². The number of rotatable bonds is 2. The maximum atomic E-state index is 14.0. The van der Waals surface area contributed by atoms with E-state index in [4.69, 9.17) is 0 Å². The second-order valence-electron chi connectivity index (χ2n) is 6.83. The zero-order valence-corrected chi connectivity index (χ0v) is 14.1. The molecule has 3 rings (SSSR count). The average molecular weight is 374 g/mol. The number of likely N-dealkylation sites (tertiary alicyclic amines) is 1. The van der Waals surface area contributed by atoms with Gasteiger partial charge in [-0.1, -0.05) is 6.92 Å². The topological polar surface area (TPSA) is 69.0 Å². The smallest absolute Gasteiger partial charge is 0.373 e. The van der Waals surface area contributed by atoms with Gasteiger partial charge in [0, 0.05) is 31.4 Å². The fourth-order valence-electron chi connectivity index (χ4n) is 3.44. The van der Waals surface area contributed by atoms with Crippen molar-refractivity contribution in [2.45, 2.75) is 31.7 Å². The van der Waals surface area contributed by atoms with Gasteiger partial charge in [-0.15, -0.1) is 0 Å². The SMILES string of the molecule is C[C@H]1CN(C(=O)[C@@](C)(O)C(F)(F)F)CC2C=NN(c3ncccc3F)C21. The highest BCUT2D eigenvalue weighted by molar-refractivity contribution is 5.86.